The molecule has 0 fully saturated rings. The second-order valence-electron chi connectivity index (χ2n) is 6.29. The number of nitrogens with zero attached hydrogens (tertiary/aromatic N) is 3. The van der Waals surface area contributed by atoms with E-state index in [0.29, 0.717) is 22.3 Å². The Morgan fingerprint density at radius 3 is 2.29 bits per heavy atom. The Kier molecular flexibility index (Phi) is 4.40. The number of hydrogen-bond donors (Lipinski definition) is 1. The lowest BCUT2D eigenvalue weighted by Crippen LogP contribution is -2.22. The number of anilines is 1. The maximum atomic E-state index is 12.6. The molecule has 7 nitrogen and oxygen atoms in total. The predicted octanol–water partition coefficient (Wildman–Crippen LogP) is 2.89. The van der Waals surface area contributed by atoms with Crippen LogP contribution in [0.2, 0.25) is 0 Å². The number of fused-ring (bicyclic) bond motifs is 1. The SMILES string of the molecule is Cc1ccc(NS(=O)(=O)c2ccc(-n3nnc4ccccc4c3=O)cc2)cc1. The van der Waals surface area contributed by atoms with Gasteiger partial charge in [0.1, 0.15) is 5.52 Å². The van der Waals surface area contributed by atoms with Gasteiger partial charge in [0.05, 0.1) is 16.0 Å². The van der Waals surface area contributed by atoms with E-state index in [1.165, 1.54) is 24.3 Å². The van der Waals surface area contributed by atoms with Crippen molar-refractivity contribution in [2.75, 3.05) is 4.72 Å². The van der Waals surface area contributed by atoms with Gasteiger partial charge < -0.3 is 0 Å². The highest BCUT2D eigenvalue weighted by atomic mass is 32.2. The van der Waals surface area contributed by atoms with Crippen molar-refractivity contribution in [3.63, 3.8) is 0 Å². The number of rotatable bonds is 4. The van der Waals surface area contributed by atoms with Crippen molar-refractivity contribution in [1.82, 2.24) is 15.0 Å². The average molecular weight is 392 g/mol. The lowest BCUT2D eigenvalue weighted by Gasteiger charge is -2.09. The number of aromatic nitrogens is 3. The van der Waals surface area contributed by atoms with Crippen LogP contribution in [0.1, 0.15) is 5.56 Å². The zero-order valence-electron chi connectivity index (χ0n) is 14.9. The second-order valence-corrected chi connectivity index (χ2v) is 7.97. The highest BCUT2D eigenvalue weighted by molar-refractivity contribution is 7.92. The van der Waals surface area contributed by atoms with Crippen molar-refractivity contribution < 1.29 is 8.42 Å². The highest BCUT2D eigenvalue weighted by Crippen LogP contribution is 2.18. The minimum Gasteiger partial charge on any atom is -0.280 e. The van der Waals surface area contributed by atoms with Crippen LogP contribution in [0, 0.1) is 6.92 Å². The molecule has 0 amide bonds. The standard InChI is InChI=1S/C20H16N4O3S/c1-14-6-8-15(9-7-14)22-28(26,27)17-12-10-16(11-13-17)24-20(25)18-4-2-3-5-19(18)21-23-24/h2-13,22H,1H3. The Morgan fingerprint density at radius 1 is 0.893 bits per heavy atom. The fourth-order valence-electron chi connectivity index (χ4n) is 2.76. The van der Waals surface area contributed by atoms with Gasteiger partial charge in [-0.1, -0.05) is 35.0 Å². The lowest BCUT2D eigenvalue weighted by atomic mass is 10.2. The molecule has 4 aromatic rings. The van der Waals surface area contributed by atoms with Crippen molar-refractivity contribution >= 4 is 26.6 Å². The predicted molar refractivity (Wildman–Crippen MR) is 107 cm³/mol. The van der Waals surface area contributed by atoms with Gasteiger partial charge in [-0.2, -0.15) is 4.68 Å². The maximum absolute atomic E-state index is 12.6. The van der Waals surface area contributed by atoms with Crippen LogP contribution >= 0.6 is 0 Å². The lowest BCUT2D eigenvalue weighted by molar-refractivity contribution is 0.601. The topological polar surface area (TPSA) is 93.9 Å². The number of sulfonamides is 1. The molecule has 0 unspecified atom stereocenters. The van der Waals surface area contributed by atoms with Gasteiger partial charge in [-0.15, -0.1) is 5.10 Å². The van der Waals surface area contributed by atoms with Crippen LogP contribution in [0.25, 0.3) is 16.6 Å². The summed E-state index contributed by atoms with van der Waals surface area (Å²) in [7, 11) is -3.74. The minimum atomic E-state index is -3.74. The molecule has 0 atom stereocenters. The molecule has 1 heterocycles. The van der Waals surface area contributed by atoms with Crippen LogP contribution in [-0.2, 0) is 10.0 Å². The van der Waals surface area contributed by atoms with Crippen molar-refractivity contribution in [2.24, 2.45) is 0 Å². The van der Waals surface area contributed by atoms with E-state index in [4.69, 9.17) is 0 Å². The van der Waals surface area contributed by atoms with E-state index in [1.54, 1.807) is 36.4 Å². The first-order valence-electron chi connectivity index (χ1n) is 8.49. The van der Waals surface area contributed by atoms with Crippen molar-refractivity contribution in [3.8, 4) is 5.69 Å². The molecule has 0 spiro atoms. The molecule has 0 aliphatic rings. The molecule has 1 aromatic heterocycles. The smallest absolute Gasteiger partial charge is 0.280 e. The normalized spacial score (nSPS) is 11.5. The summed E-state index contributed by atoms with van der Waals surface area (Å²) in [5, 5.41) is 8.41. The number of nitrogens with one attached hydrogen (secondary N) is 1. The molecule has 1 N–H and O–H groups in total. The van der Waals surface area contributed by atoms with Gasteiger partial charge in [-0.05, 0) is 55.5 Å². The first kappa shape index (κ1) is 17.9. The van der Waals surface area contributed by atoms with Crippen LogP contribution in [0.15, 0.2) is 82.5 Å². The van der Waals surface area contributed by atoms with E-state index in [0.717, 1.165) is 10.2 Å². The molecule has 8 heteroatoms. The van der Waals surface area contributed by atoms with E-state index in [2.05, 4.69) is 15.0 Å². The minimum absolute atomic E-state index is 0.0821. The quantitative estimate of drug-likeness (QED) is 0.576. The molecule has 0 radical (unpaired) electrons. The fourth-order valence-corrected chi connectivity index (χ4v) is 3.82. The summed E-state index contributed by atoms with van der Waals surface area (Å²) >= 11 is 0. The molecule has 140 valence electrons. The number of aryl methyl sites for hydroxylation is 1. The van der Waals surface area contributed by atoms with Crippen molar-refractivity contribution in [2.45, 2.75) is 11.8 Å². The first-order chi connectivity index (χ1) is 13.4. The van der Waals surface area contributed by atoms with Crippen LogP contribution in [-0.4, -0.2) is 23.4 Å². The van der Waals surface area contributed by atoms with E-state index in [9.17, 15) is 13.2 Å². The molecular weight excluding hydrogens is 376 g/mol. The van der Waals surface area contributed by atoms with E-state index < -0.39 is 10.0 Å². The van der Waals surface area contributed by atoms with Crippen LogP contribution < -0.4 is 10.3 Å². The number of benzene rings is 3. The second kappa shape index (κ2) is 6.90. The van der Waals surface area contributed by atoms with Crippen molar-refractivity contribution in [1.29, 1.82) is 0 Å². The summed E-state index contributed by atoms with van der Waals surface area (Å²) in [6.07, 6.45) is 0. The molecular formula is C20H16N4O3S. The Balaban J connectivity index is 1.66. The summed E-state index contributed by atoms with van der Waals surface area (Å²) in [5.74, 6) is 0. The summed E-state index contributed by atoms with van der Waals surface area (Å²) in [5.41, 5.74) is 2.13. The maximum Gasteiger partial charge on any atom is 0.282 e. The van der Waals surface area contributed by atoms with Gasteiger partial charge in [0.15, 0.2) is 0 Å². The van der Waals surface area contributed by atoms with Gasteiger partial charge in [0, 0.05) is 5.69 Å². The molecule has 0 saturated carbocycles. The summed E-state index contributed by atoms with van der Waals surface area (Å²) in [6.45, 7) is 1.93. The van der Waals surface area contributed by atoms with E-state index in [1.807, 2.05) is 19.1 Å². The third-order valence-electron chi connectivity index (χ3n) is 4.26. The molecule has 0 saturated heterocycles. The van der Waals surface area contributed by atoms with Gasteiger partial charge in [-0.3, -0.25) is 9.52 Å². The van der Waals surface area contributed by atoms with Gasteiger partial charge in [-0.25, -0.2) is 8.42 Å². The number of hydrogen-bond acceptors (Lipinski definition) is 5. The largest absolute Gasteiger partial charge is 0.282 e. The van der Waals surface area contributed by atoms with Gasteiger partial charge >= 0.3 is 0 Å². The molecule has 3 aromatic carbocycles. The Morgan fingerprint density at radius 2 is 1.57 bits per heavy atom. The molecule has 0 bridgehead atoms. The average Bonchev–Trinajstić information content (AvgIpc) is 2.70. The van der Waals surface area contributed by atoms with Gasteiger partial charge in [0.2, 0.25) is 0 Å². The van der Waals surface area contributed by atoms with Crippen LogP contribution in [0.3, 0.4) is 0 Å². The van der Waals surface area contributed by atoms with Crippen LogP contribution in [0.5, 0.6) is 0 Å². The monoisotopic (exact) mass is 392 g/mol. The van der Waals surface area contributed by atoms with Crippen molar-refractivity contribution in [3.05, 3.63) is 88.7 Å². The molecule has 0 aliphatic heterocycles. The summed E-state index contributed by atoms with van der Waals surface area (Å²) in [4.78, 5) is 12.7. The van der Waals surface area contributed by atoms with E-state index >= 15 is 0 Å². The third kappa shape index (κ3) is 3.37. The van der Waals surface area contributed by atoms with Crippen LogP contribution in [0.4, 0.5) is 5.69 Å². The zero-order valence-corrected chi connectivity index (χ0v) is 15.7. The molecule has 4 rings (SSSR count). The fraction of sp³-hybridized carbons (Fsp3) is 0.0500. The Bertz CT molecular complexity index is 1310. The summed E-state index contributed by atoms with van der Waals surface area (Å²) in [6, 6.07) is 19.9. The molecule has 0 aliphatic carbocycles. The van der Waals surface area contributed by atoms with E-state index in [-0.39, 0.29) is 10.5 Å². The first-order valence-corrected chi connectivity index (χ1v) is 9.97. The van der Waals surface area contributed by atoms with Gasteiger partial charge in [0.25, 0.3) is 15.6 Å². The highest BCUT2D eigenvalue weighted by Gasteiger charge is 2.15. The summed E-state index contributed by atoms with van der Waals surface area (Å²) < 4.78 is 28.8. The Hall–Kier alpha value is -3.52. The Labute approximate surface area is 161 Å². The zero-order chi connectivity index (χ0) is 19.7. The third-order valence-corrected chi connectivity index (χ3v) is 5.66. The molecule has 28 heavy (non-hydrogen) atoms.